The van der Waals surface area contributed by atoms with Crippen LogP contribution in [-0.4, -0.2) is 0 Å². The lowest BCUT2D eigenvalue weighted by atomic mass is 10.1. The minimum Gasteiger partial charge on any atom is -0.271 e. The smallest absolute Gasteiger partial charge is 0.0997 e. The van der Waals surface area contributed by atoms with E-state index in [1.165, 1.54) is 0 Å². The van der Waals surface area contributed by atoms with Crippen LogP contribution < -0.4 is 5.48 Å². The topological polar surface area (TPSA) is 21.3 Å². The molecular formula is C15H15NO. The Kier molecular flexibility index (Phi) is 3.95. The molecule has 86 valence electrons. The zero-order valence-corrected chi connectivity index (χ0v) is 9.60. The third-order valence-corrected chi connectivity index (χ3v) is 2.39. The molecule has 0 aliphatic heterocycles. The molecule has 0 bridgehead atoms. The third kappa shape index (κ3) is 3.47. The first-order valence-corrected chi connectivity index (χ1v) is 5.53. The molecule has 0 heterocycles. The second-order valence-electron chi connectivity index (χ2n) is 3.71. The highest BCUT2D eigenvalue weighted by molar-refractivity contribution is 5.47. The Labute approximate surface area is 102 Å². The second kappa shape index (κ2) is 5.87. The van der Waals surface area contributed by atoms with Gasteiger partial charge in [0, 0.05) is 0 Å². The van der Waals surface area contributed by atoms with Gasteiger partial charge in [0.1, 0.15) is 0 Å². The Bertz CT molecular complexity index is 479. The van der Waals surface area contributed by atoms with Crippen molar-refractivity contribution in [3.05, 3.63) is 72.3 Å². The maximum Gasteiger partial charge on any atom is 0.0997 e. The van der Waals surface area contributed by atoms with Gasteiger partial charge in [-0.05, 0) is 29.3 Å². The Morgan fingerprint density at radius 2 is 1.88 bits per heavy atom. The zero-order valence-electron chi connectivity index (χ0n) is 9.60. The van der Waals surface area contributed by atoms with Gasteiger partial charge in [-0.15, -0.1) is 0 Å². The molecule has 17 heavy (non-hydrogen) atoms. The maximum absolute atomic E-state index is 5.42. The first kappa shape index (κ1) is 11.4. The molecule has 2 heteroatoms. The summed E-state index contributed by atoms with van der Waals surface area (Å²) in [6, 6.07) is 17.9. The van der Waals surface area contributed by atoms with Gasteiger partial charge in [-0.1, -0.05) is 49.1 Å². The normalized spacial score (nSPS) is 9.88. The van der Waals surface area contributed by atoms with E-state index in [4.69, 9.17) is 4.84 Å². The highest BCUT2D eigenvalue weighted by Gasteiger charge is 1.94. The number of nitrogens with one attached hydrogen (secondary N) is 1. The van der Waals surface area contributed by atoms with Crippen LogP contribution in [0.25, 0.3) is 6.08 Å². The summed E-state index contributed by atoms with van der Waals surface area (Å²) in [4.78, 5) is 5.42. The lowest BCUT2D eigenvalue weighted by Gasteiger charge is -2.07. The van der Waals surface area contributed by atoms with Crippen LogP contribution in [0.2, 0.25) is 0 Å². The number of para-hydroxylation sites is 1. The summed E-state index contributed by atoms with van der Waals surface area (Å²) in [5.41, 5.74) is 6.08. The molecule has 0 unspecified atom stereocenters. The second-order valence-corrected chi connectivity index (χ2v) is 3.71. The molecule has 0 spiro atoms. The van der Waals surface area contributed by atoms with Crippen molar-refractivity contribution < 1.29 is 4.84 Å². The molecule has 0 radical (unpaired) electrons. The zero-order chi connectivity index (χ0) is 11.9. The number of rotatable bonds is 5. The fourth-order valence-corrected chi connectivity index (χ4v) is 1.52. The van der Waals surface area contributed by atoms with Crippen molar-refractivity contribution in [1.82, 2.24) is 0 Å². The van der Waals surface area contributed by atoms with Crippen molar-refractivity contribution in [2.45, 2.75) is 6.61 Å². The van der Waals surface area contributed by atoms with Crippen LogP contribution in [0.5, 0.6) is 0 Å². The van der Waals surface area contributed by atoms with Gasteiger partial charge in [0.2, 0.25) is 0 Å². The molecular weight excluding hydrogens is 210 g/mol. The number of anilines is 1. The van der Waals surface area contributed by atoms with E-state index in [0.29, 0.717) is 6.61 Å². The van der Waals surface area contributed by atoms with Crippen LogP contribution in [0, 0.1) is 0 Å². The van der Waals surface area contributed by atoms with Gasteiger partial charge in [0.05, 0.1) is 12.3 Å². The maximum atomic E-state index is 5.42. The van der Waals surface area contributed by atoms with E-state index < -0.39 is 0 Å². The lowest BCUT2D eigenvalue weighted by molar-refractivity contribution is 0.180. The van der Waals surface area contributed by atoms with Crippen LogP contribution in [0.15, 0.2) is 61.2 Å². The van der Waals surface area contributed by atoms with Crippen LogP contribution in [0.4, 0.5) is 5.69 Å². The lowest BCUT2D eigenvalue weighted by Crippen LogP contribution is -2.01. The van der Waals surface area contributed by atoms with E-state index in [2.05, 4.69) is 18.1 Å². The number of hydrogen-bond donors (Lipinski definition) is 1. The summed E-state index contributed by atoms with van der Waals surface area (Å²) in [5, 5.41) is 0. The van der Waals surface area contributed by atoms with Crippen molar-refractivity contribution in [2.75, 3.05) is 5.48 Å². The third-order valence-electron chi connectivity index (χ3n) is 2.39. The summed E-state index contributed by atoms with van der Waals surface area (Å²) in [7, 11) is 0. The first-order chi connectivity index (χ1) is 8.38. The van der Waals surface area contributed by atoms with Gasteiger partial charge >= 0.3 is 0 Å². The Morgan fingerprint density at radius 1 is 1.06 bits per heavy atom. The number of benzene rings is 2. The summed E-state index contributed by atoms with van der Waals surface area (Å²) in [5.74, 6) is 0. The van der Waals surface area contributed by atoms with E-state index in [9.17, 15) is 0 Å². The SMILES string of the molecule is C=Cc1cccc(CONc2ccccc2)c1. The van der Waals surface area contributed by atoms with Crippen LogP contribution in [0.1, 0.15) is 11.1 Å². The summed E-state index contributed by atoms with van der Waals surface area (Å²) in [6.45, 7) is 4.27. The molecule has 2 rings (SSSR count). The van der Waals surface area contributed by atoms with Gasteiger partial charge in [-0.25, -0.2) is 0 Å². The predicted octanol–water partition coefficient (Wildman–Crippen LogP) is 3.87. The van der Waals surface area contributed by atoms with E-state index in [0.717, 1.165) is 16.8 Å². The molecule has 0 aliphatic rings. The molecule has 0 saturated heterocycles. The highest BCUT2D eigenvalue weighted by Crippen LogP contribution is 2.09. The quantitative estimate of drug-likeness (QED) is 0.780. The molecule has 2 nitrogen and oxygen atoms in total. The van der Waals surface area contributed by atoms with Gasteiger partial charge in [-0.3, -0.25) is 10.3 Å². The molecule has 0 aromatic heterocycles. The molecule has 0 saturated carbocycles. The van der Waals surface area contributed by atoms with Gasteiger partial charge in [0.15, 0.2) is 0 Å². The largest absolute Gasteiger partial charge is 0.271 e. The average Bonchev–Trinajstić information content (AvgIpc) is 2.40. The monoisotopic (exact) mass is 225 g/mol. The minimum atomic E-state index is 0.524. The van der Waals surface area contributed by atoms with Crippen molar-refractivity contribution >= 4 is 11.8 Å². The fraction of sp³-hybridized carbons (Fsp3) is 0.0667. The average molecular weight is 225 g/mol. The van der Waals surface area contributed by atoms with E-state index in [-0.39, 0.29) is 0 Å². The van der Waals surface area contributed by atoms with E-state index >= 15 is 0 Å². The fourth-order valence-electron chi connectivity index (χ4n) is 1.52. The molecule has 0 aliphatic carbocycles. The standard InChI is InChI=1S/C15H15NO/c1-2-13-7-6-8-14(11-13)12-17-16-15-9-4-3-5-10-15/h2-11,16H,1,12H2. The van der Waals surface area contributed by atoms with Crippen molar-refractivity contribution in [3.63, 3.8) is 0 Å². The highest BCUT2D eigenvalue weighted by atomic mass is 16.6. The molecule has 0 fully saturated rings. The Hall–Kier alpha value is -2.06. The van der Waals surface area contributed by atoms with E-state index in [1.54, 1.807) is 0 Å². The first-order valence-electron chi connectivity index (χ1n) is 5.53. The van der Waals surface area contributed by atoms with Crippen molar-refractivity contribution in [2.24, 2.45) is 0 Å². The van der Waals surface area contributed by atoms with Crippen LogP contribution in [-0.2, 0) is 11.4 Å². The van der Waals surface area contributed by atoms with Gasteiger partial charge in [0.25, 0.3) is 0 Å². The summed E-state index contributed by atoms with van der Waals surface area (Å²) >= 11 is 0. The summed E-state index contributed by atoms with van der Waals surface area (Å²) in [6.07, 6.45) is 1.83. The molecule has 0 atom stereocenters. The van der Waals surface area contributed by atoms with Crippen molar-refractivity contribution in [1.29, 1.82) is 0 Å². The Morgan fingerprint density at radius 3 is 2.65 bits per heavy atom. The molecule has 0 amide bonds. The van der Waals surface area contributed by atoms with Gasteiger partial charge in [-0.2, -0.15) is 0 Å². The summed E-state index contributed by atoms with van der Waals surface area (Å²) < 4.78 is 0. The minimum absolute atomic E-state index is 0.524. The molecule has 2 aromatic carbocycles. The van der Waals surface area contributed by atoms with Crippen LogP contribution in [0.3, 0.4) is 0 Å². The molecule has 1 N–H and O–H groups in total. The van der Waals surface area contributed by atoms with E-state index in [1.807, 2.05) is 54.6 Å². The van der Waals surface area contributed by atoms with Crippen molar-refractivity contribution in [3.8, 4) is 0 Å². The number of hydrogen-bond acceptors (Lipinski definition) is 2. The van der Waals surface area contributed by atoms with Gasteiger partial charge < -0.3 is 0 Å². The Balaban J connectivity index is 1.88. The predicted molar refractivity (Wildman–Crippen MR) is 71.4 cm³/mol. The molecule has 2 aromatic rings. The van der Waals surface area contributed by atoms with Crippen LogP contribution >= 0.6 is 0 Å².